The molecule has 0 spiro atoms. The van der Waals surface area contributed by atoms with Gasteiger partial charge in [-0.25, -0.2) is 17.5 Å². The molecule has 27 heavy (non-hydrogen) atoms. The Hall–Kier alpha value is -2.25. The van der Waals surface area contributed by atoms with E-state index in [1.807, 2.05) is 13.8 Å². The molecule has 3 rings (SSSR count). The predicted molar refractivity (Wildman–Crippen MR) is 101 cm³/mol. The van der Waals surface area contributed by atoms with Crippen molar-refractivity contribution in [3.05, 3.63) is 65.5 Å². The SMILES string of the molecule is CC(C)[C@@H](NC(=O)c1ccc(S(=O)(=O)NC2CC2)cc1)c1ccc(F)cc1. The summed E-state index contributed by atoms with van der Waals surface area (Å²) >= 11 is 0. The van der Waals surface area contributed by atoms with Crippen LogP contribution in [0.25, 0.3) is 0 Å². The molecule has 0 radical (unpaired) electrons. The Morgan fingerprint density at radius 3 is 2.15 bits per heavy atom. The number of rotatable bonds is 7. The molecule has 1 aliphatic rings. The van der Waals surface area contributed by atoms with E-state index in [1.54, 1.807) is 12.1 Å². The average Bonchev–Trinajstić information content (AvgIpc) is 3.43. The van der Waals surface area contributed by atoms with Gasteiger partial charge in [-0.2, -0.15) is 0 Å². The van der Waals surface area contributed by atoms with Crippen LogP contribution in [-0.4, -0.2) is 20.4 Å². The van der Waals surface area contributed by atoms with Gasteiger partial charge in [0.2, 0.25) is 10.0 Å². The highest BCUT2D eigenvalue weighted by Gasteiger charge is 2.28. The number of hydrogen-bond acceptors (Lipinski definition) is 3. The van der Waals surface area contributed by atoms with Crippen molar-refractivity contribution in [2.24, 2.45) is 5.92 Å². The van der Waals surface area contributed by atoms with Crippen molar-refractivity contribution in [2.75, 3.05) is 0 Å². The van der Waals surface area contributed by atoms with Crippen LogP contribution in [0.2, 0.25) is 0 Å². The van der Waals surface area contributed by atoms with Gasteiger partial charge in [-0.15, -0.1) is 0 Å². The van der Waals surface area contributed by atoms with Gasteiger partial charge in [-0.05, 0) is 60.7 Å². The zero-order valence-corrected chi connectivity index (χ0v) is 16.1. The van der Waals surface area contributed by atoms with Crippen LogP contribution in [0.15, 0.2) is 53.4 Å². The van der Waals surface area contributed by atoms with Crippen molar-refractivity contribution >= 4 is 15.9 Å². The minimum absolute atomic E-state index is 0.0282. The fourth-order valence-corrected chi connectivity index (χ4v) is 4.11. The van der Waals surface area contributed by atoms with E-state index < -0.39 is 10.0 Å². The lowest BCUT2D eigenvalue weighted by molar-refractivity contribution is 0.0925. The second-order valence-electron chi connectivity index (χ2n) is 7.17. The number of nitrogens with one attached hydrogen (secondary N) is 2. The van der Waals surface area contributed by atoms with Crippen molar-refractivity contribution in [1.82, 2.24) is 10.0 Å². The molecule has 144 valence electrons. The molecular formula is C20H23FN2O3S. The zero-order valence-electron chi connectivity index (χ0n) is 15.3. The normalized spacial score (nSPS) is 15.6. The summed E-state index contributed by atoms with van der Waals surface area (Å²) in [7, 11) is -3.54. The van der Waals surface area contributed by atoms with E-state index in [-0.39, 0.29) is 34.6 Å². The number of hydrogen-bond donors (Lipinski definition) is 2. The lowest BCUT2D eigenvalue weighted by Crippen LogP contribution is -2.32. The molecule has 2 N–H and O–H groups in total. The first-order valence-electron chi connectivity index (χ1n) is 8.95. The Labute approximate surface area is 159 Å². The molecule has 0 bridgehead atoms. The van der Waals surface area contributed by atoms with Crippen molar-refractivity contribution in [2.45, 2.75) is 43.7 Å². The molecule has 2 aromatic rings. The van der Waals surface area contributed by atoms with Gasteiger partial charge in [0.1, 0.15) is 5.82 Å². The van der Waals surface area contributed by atoms with Gasteiger partial charge in [0.05, 0.1) is 10.9 Å². The Morgan fingerprint density at radius 1 is 1.04 bits per heavy atom. The maximum atomic E-state index is 13.2. The van der Waals surface area contributed by atoms with Gasteiger partial charge < -0.3 is 5.32 Å². The highest BCUT2D eigenvalue weighted by Crippen LogP contribution is 2.24. The minimum Gasteiger partial charge on any atom is -0.345 e. The molecule has 0 aliphatic heterocycles. The van der Waals surface area contributed by atoms with Gasteiger partial charge in [-0.1, -0.05) is 26.0 Å². The number of carbonyl (C=O) groups is 1. The molecule has 5 nitrogen and oxygen atoms in total. The quantitative estimate of drug-likeness (QED) is 0.761. The molecule has 0 aromatic heterocycles. The molecule has 1 amide bonds. The summed E-state index contributed by atoms with van der Waals surface area (Å²) in [6.45, 7) is 3.93. The minimum atomic E-state index is -3.54. The van der Waals surface area contributed by atoms with Gasteiger partial charge in [-0.3, -0.25) is 4.79 Å². The molecule has 2 aromatic carbocycles. The van der Waals surface area contributed by atoms with Gasteiger partial charge >= 0.3 is 0 Å². The zero-order chi connectivity index (χ0) is 19.6. The van der Waals surface area contributed by atoms with E-state index in [9.17, 15) is 17.6 Å². The maximum absolute atomic E-state index is 13.2. The molecule has 7 heteroatoms. The third-order valence-electron chi connectivity index (χ3n) is 4.51. The molecule has 1 aliphatic carbocycles. The monoisotopic (exact) mass is 390 g/mol. The van der Waals surface area contributed by atoms with Crippen LogP contribution in [0, 0.1) is 11.7 Å². The predicted octanol–water partition coefficient (Wildman–Crippen LogP) is 3.39. The van der Waals surface area contributed by atoms with Gasteiger partial charge in [0.15, 0.2) is 0 Å². The Balaban J connectivity index is 1.73. The molecule has 0 saturated heterocycles. The first-order chi connectivity index (χ1) is 12.8. The van der Waals surface area contributed by atoms with E-state index in [4.69, 9.17) is 0 Å². The van der Waals surface area contributed by atoms with Crippen LogP contribution in [0.5, 0.6) is 0 Å². The Bertz CT molecular complexity index is 905. The largest absolute Gasteiger partial charge is 0.345 e. The molecular weight excluding hydrogens is 367 g/mol. The topological polar surface area (TPSA) is 75.3 Å². The van der Waals surface area contributed by atoms with E-state index >= 15 is 0 Å². The van der Waals surface area contributed by atoms with Crippen molar-refractivity contribution in [1.29, 1.82) is 0 Å². The first kappa shape index (κ1) is 19.5. The Kier molecular flexibility index (Phi) is 5.62. The van der Waals surface area contributed by atoms with Crippen molar-refractivity contribution < 1.29 is 17.6 Å². The van der Waals surface area contributed by atoms with E-state index in [1.165, 1.54) is 36.4 Å². The van der Waals surface area contributed by atoms with Gasteiger partial charge in [0, 0.05) is 11.6 Å². The summed E-state index contributed by atoms with van der Waals surface area (Å²) in [4.78, 5) is 12.7. The van der Waals surface area contributed by atoms with E-state index in [2.05, 4.69) is 10.0 Å². The number of carbonyl (C=O) groups excluding carboxylic acids is 1. The number of halogens is 1. The van der Waals surface area contributed by atoms with Crippen molar-refractivity contribution in [3.8, 4) is 0 Å². The lowest BCUT2D eigenvalue weighted by Gasteiger charge is -2.23. The Morgan fingerprint density at radius 2 is 1.63 bits per heavy atom. The third kappa shape index (κ3) is 4.93. The fourth-order valence-electron chi connectivity index (χ4n) is 2.80. The maximum Gasteiger partial charge on any atom is 0.251 e. The van der Waals surface area contributed by atoms with Gasteiger partial charge in [0.25, 0.3) is 5.91 Å². The van der Waals surface area contributed by atoms with Crippen molar-refractivity contribution in [3.63, 3.8) is 0 Å². The highest BCUT2D eigenvalue weighted by atomic mass is 32.2. The fraction of sp³-hybridized carbons (Fsp3) is 0.350. The lowest BCUT2D eigenvalue weighted by atomic mass is 9.95. The summed E-state index contributed by atoms with van der Waals surface area (Å²) in [5, 5.41) is 2.94. The van der Waals surface area contributed by atoms with Crippen LogP contribution < -0.4 is 10.0 Å². The van der Waals surface area contributed by atoms with Crippen LogP contribution in [0.4, 0.5) is 4.39 Å². The second kappa shape index (κ2) is 7.78. The highest BCUT2D eigenvalue weighted by molar-refractivity contribution is 7.89. The van der Waals surface area contributed by atoms with Crippen LogP contribution in [0.1, 0.15) is 48.7 Å². The van der Waals surface area contributed by atoms with Crippen LogP contribution >= 0.6 is 0 Å². The molecule has 1 fully saturated rings. The number of sulfonamides is 1. The average molecular weight is 390 g/mol. The second-order valence-corrected chi connectivity index (χ2v) is 8.88. The summed E-state index contributed by atoms with van der Waals surface area (Å²) < 4.78 is 40.2. The first-order valence-corrected chi connectivity index (χ1v) is 10.4. The van der Waals surface area contributed by atoms with E-state index in [0.717, 1.165) is 18.4 Å². The molecule has 0 heterocycles. The number of benzene rings is 2. The van der Waals surface area contributed by atoms with Crippen LogP contribution in [0.3, 0.4) is 0 Å². The number of amides is 1. The molecule has 1 atom stereocenters. The van der Waals surface area contributed by atoms with Crippen LogP contribution in [-0.2, 0) is 10.0 Å². The summed E-state index contributed by atoms with van der Waals surface area (Å²) in [5.74, 6) is -0.539. The third-order valence-corrected chi connectivity index (χ3v) is 6.04. The summed E-state index contributed by atoms with van der Waals surface area (Å²) in [6.07, 6.45) is 1.72. The smallest absolute Gasteiger partial charge is 0.251 e. The molecule has 1 saturated carbocycles. The molecule has 0 unspecified atom stereocenters. The standard InChI is InChI=1S/C20H23FN2O3S/c1-13(2)19(14-3-7-16(21)8-4-14)22-20(24)15-5-11-18(12-6-15)27(25,26)23-17-9-10-17/h3-8,11-13,17,19,23H,9-10H2,1-2H3,(H,22,24)/t19-/m1/s1. The summed E-state index contributed by atoms with van der Waals surface area (Å²) in [5.41, 5.74) is 1.18. The summed E-state index contributed by atoms with van der Waals surface area (Å²) in [6, 6.07) is 11.6. The van der Waals surface area contributed by atoms with E-state index in [0.29, 0.717) is 5.56 Å².